The zero-order chi connectivity index (χ0) is 17.5. The number of unbranched alkanes of at least 4 members (excludes halogenated alkanes) is 10. The van der Waals surface area contributed by atoms with Gasteiger partial charge in [0.25, 0.3) is 0 Å². The van der Waals surface area contributed by atoms with Crippen LogP contribution in [0.15, 0.2) is 0 Å². The van der Waals surface area contributed by atoms with Crippen molar-refractivity contribution in [1.29, 1.82) is 0 Å². The molecule has 0 aromatic carbocycles. The van der Waals surface area contributed by atoms with E-state index in [9.17, 15) is 15.3 Å². The molecule has 0 unspecified atom stereocenters. The molecule has 0 saturated heterocycles. The standard InChI is InChI=1S/C19H43O3P/c1-3-5-7-9-10-11-12-14-16-23(17-20,18-21,19-22)15-13-8-6-4-2/h20-22H,3-19H2,1-2H3. The molecule has 0 aliphatic carbocycles. The Labute approximate surface area is 144 Å². The summed E-state index contributed by atoms with van der Waals surface area (Å²) >= 11 is 0. The monoisotopic (exact) mass is 350 g/mol. The molecule has 3 N–H and O–H groups in total. The van der Waals surface area contributed by atoms with Crippen LogP contribution in [0.5, 0.6) is 0 Å². The van der Waals surface area contributed by atoms with Crippen LogP contribution in [0.25, 0.3) is 0 Å². The molecule has 0 radical (unpaired) electrons. The van der Waals surface area contributed by atoms with Crippen LogP contribution < -0.4 is 0 Å². The van der Waals surface area contributed by atoms with Gasteiger partial charge in [0.05, 0.1) is 0 Å². The molecular weight excluding hydrogens is 307 g/mol. The molecule has 3 nitrogen and oxygen atoms in total. The second-order valence-electron chi connectivity index (χ2n) is 7.64. The van der Waals surface area contributed by atoms with Crippen LogP contribution in [0.1, 0.15) is 90.9 Å². The van der Waals surface area contributed by atoms with E-state index in [-0.39, 0.29) is 19.0 Å². The molecule has 0 atom stereocenters. The molecule has 0 aromatic rings. The van der Waals surface area contributed by atoms with Crippen molar-refractivity contribution < 1.29 is 15.3 Å². The van der Waals surface area contributed by atoms with Gasteiger partial charge >= 0.3 is 144 Å². The zero-order valence-corrected chi connectivity index (χ0v) is 16.7. The van der Waals surface area contributed by atoms with Crippen LogP contribution in [0.3, 0.4) is 0 Å². The van der Waals surface area contributed by atoms with Crippen LogP contribution in [0.2, 0.25) is 0 Å². The molecule has 0 amide bonds. The number of aliphatic hydroxyl groups is 3. The Bertz CT molecular complexity index is 256. The van der Waals surface area contributed by atoms with Gasteiger partial charge in [-0.2, -0.15) is 0 Å². The Balaban J connectivity index is 4.21. The van der Waals surface area contributed by atoms with Crippen molar-refractivity contribution in [2.75, 3.05) is 31.4 Å². The predicted octanol–water partition coefficient (Wildman–Crippen LogP) is 5.11. The summed E-state index contributed by atoms with van der Waals surface area (Å²) in [6.45, 7) is 1.71. The summed E-state index contributed by atoms with van der Waals surface area (Å²) in [7, 11) is 0. The fourth-order valence-electron chi connectivity index (χ4n) is 3.35. The second-order valence-corrected chi connectivity index (χ2v) is 13.9. The summed E-state index contributed by atoms with van der Waals surface area (Å²) in [4.78, 5) is 0. The zero-order valence-electron chi connectivity index (χ0n) is 15.8. The fraction of sp³-hybridized carbons (Fsp3) is 1.00. The van der Waals surface area contributed by atoms with E-state index < -0.39 is 6.60 Å². The van der Waals surface area contributed by atoms with Crippen LogP contribution in [-0.4, -0.2) is 46.7 Å². The molecule has 0 fully saturated rings. The topological polar surface area (TPSA) is 60.7 Å². The molecule has 4 heteroatoms. The quantitative estimate of drug-likeness (QED) is 0.252. The van der Waals surface area contributed by atoms with Gasteiger partial charge in [-0.15, -0.1) is 0 Å². The number of hydrogen-bond acceptors (Lipinski definition) is 3. The van der Waals surface area contributed by atoms with E-state index >= 15 is 0 Å². The van der Waals surface area contributed by atoms with Crippen molar-refractivity contribution in [2.24, 2.45) is 0 Å². The number of rotatable bonds is 17. The van der Waals surface area contributed by atoms with E-state index in [1.807, 2.05) is 0 Å². The Kier molecular flexibility index (Phi) is 13.8. The predicted molar refractivity (Wildman–Crippen MR) is 105 cm³/mol. The van der Waals surface area contributed by atoms with Crippen LogP contribution in [0, 0.1) is 0 Å². The summed E-state index contributed by atoms with van der Waals surface area (Å²) < 4.78 is 0. The van der Waals surface area contributed by atoms with Crippen molar-refractivity contribution in [3.63, 3.8) is 0 Å². The first-order chi connectivity index (χ1) is 11.1. The molecule has 0 aliphatic heterocycles. The van der Waals surface area contributed by atoms with Crippen molar-refractivity contribution in [3.8, 4) is 0 Å². The molecule has 0 aromatic heterocycles. The maximum absolute atomic E-state index is 10.0. The van der Waals surface area contributed by atoms with Crippen LogP contribution in [-0.2, 0) is 0 Å². The fourth-order valence-corrected chi connectivity index (χ4v) is 6.93. The molecule has 23 heavy (non-hydrogen) atoms. The van der Waals surface area contributed by atoms with Crippen molar-refractivity contribution in [2.45, 2.75) is 90.9 Å². The van der Waals surface area contributed by atoms with Crippen molar-refractivity contribution >= 4 is 6.60 Å². The first-order valence-electron chi connectivity index (χ1n) is 9.94. The van der Waals surface area contributed by atoms with E-state index in [0.717, 1.165) is 31.6 Å². The van der Waals surface area contributed by atoms with Gasteiger partial charge in [0.2, 0.25) is 0 Å². The van der Waals surface area contributed by atoms with E-state index in [4.69, 9.17) is 0 Å². The van der Waals surface area contributed by atoms with Gasteiger partial charge in [-0.05, 0) is 0 Å². The Morgan fingerprint density at radius 2 is 0.783 bits per heavy atom. The molecular formula is C19H43O3P. The van der Waals surface area contributed by atoms with Crippen molar-refractivity contribution in [1.82, 2.24) is 0 Å². The van der Waals surface area contributed by atoms with Gasteiger partial charge in [-0.25, -0.2) is 0 Å². The third kappa shape index (κ3) is 8.82. The van der Waals surface area contributed by atoms with Gasteiger partial charge in [0.1, 0.15) is 0 Å². The molecule has 0 heterocycles. The molecule has 0 aliphatic rings. The minimum atomic E-state index is -2.71. The summed E-state index contributed by atoms with van der Waals surface area (Å²) in [5, 5.41) is 30.1. The van der Waals surface area contributed by atoms with Crippen LogP contribution >= 0.6 is 6.60 Å². The third-order valence-electron chi connectivity index (χ3n) is 5.49. The van der Waals surface area contributed by atoms with Crippen LogP contribution in [0.4, 0.5) is 0 Å². The normalized spacial score (nSPS) is 13.9. The molecule has 142 valence electrons. The molecule has 0 bridgehead atoms. The first kappa shape index (κ1) is 23.3. The molecule has 0 saturated carbocycles. The average molecular weight is 351 g/mol. The molecule has 0 spiro atoms. The van der Waals surface area contributed by atoms with Gasteiger partial charge in [0, 0.05) is 0 Å². The van der Waals surface area contributed by atoms with E-state index in [1.54, 1.807) is 0 Å². The SMILES string of the molecule is CCCCCCCCCCP(CO)(CO)(CO)CCCCCC. The summed E-state index contributed by atoms with van der Waals surface area (Å²) in [6.07, 6.45) is 16.4. The maximum atomic E-state index is 10.0. The summed E-state index contributed by atoms with van der Waals surface area (Å²) in [5.74, 6) is 0. The summed E-state index contributed by atoms with van der Waals surface area (Å²) in [5.41, 5.74) is 0. The number of hydrogen-bond donors (Lipinski definition) is 3. The number of aliphatic hydroxyl groups excluding tert-OH is 3. The summed E-state index contributed by atoms with van der Waals surface area (Å²) in [6, 6.07) is 0. The van der Waals surface area contributed by atoms with Gasteiger partial charge in [0.15, 0.2) is 0 Å². The van der Waals surface area contributed by atoms with E-state index in [0.29, 0.717) is 0 Å². The van der Waals surface area contributed by atoms with Crippen molar-refractivity contribution in [3.05, 3.63) is 0 Å². The van der Waals surface area contributed by atoms with E-state index in [1.165, 1.54) is 57.8 Å². The van der Waals surface area contributed by atoms with Gasteiger partial charge in [-0.3, -0.25) is 0 Å². The molecule has 0 rings (SSSR count). The Morgan fingerprint density at radius 1 is 0.478 bits per heavy atom. The Morgan fingerprint density at radius 3 is 1.13 bits per heavy atom. The second kappa shape index (κ2) is 13.6. The minimum absolute atomic E-state index is 0.0151. The van der Waals surface area contributed by atoms with Gasteiger partial charge in [-0.1, -0.05) is 0 Å². The Hall–Kier alpha value is 0.310. The third-order valence-corrected chi connectivity index (χ3v) is 11.1. The van der Waals surface area contributed by atoms with Gasteiger partial charge < -0.3 is 0 Å². The first-order valence-corrected chi connectivity index (χ1v) is 13.1. The average Bonchev–Trinajstić information content (AvgIpc) is 2.60. The van der Waals surface area contributed by atoms with E-state index in [2.05, 4.69) is 13.8 Å².